The smallest absolute Gasteiger partial charge is 0.311 e. The van der Waals surface area contributed by atoms with Crippen molar-refractivity contribution < 1.29 is 23.9 Å². The first-order valence-corrected chi connectivity index (χ1v) is 9.27. The third kappa shape index (κ3) is 4.24. The second-order valence-corrected chi connectivity index (χ2v) is 7.06. The van der Waals surface area contributed by atoms with E-state index in [0.29, 0.717) is 43.7 Å². The van der Waals surface area contributed by atoms with Crippen LogP contribution in [0.15, 0.2) is 34.9 Å². The highest BCUT2D eigenvalue weighted by Gasteiger charge is 2.29. The Morgan fingerprint density at radius 1 is 0.964 bits per heavy atom. The van der Waals surface area contributed by atoms with Crippen LogP contribution in [0.1, 0.15) is 32.8 Å². The highest BCUT2D eigenvalue weighted by atomic mass is 16.4. The van der Waals surface area contributed by atoms with Gasteiger partial charge in [0.2, 0.25) is 5.91 Å². The molecule has 148 valence electrons. The van der Waals surface area contributed by atoms with E-state index in [9.17, 15) is 14.4 Å². The quantitative estimate of drug-likeness (QED) is 0.852. The molecule has 1 saturated heterocycles. The minimum atomic E-state index is -1.05. The number of carbonyl (C=O) groups excluding carboxylic acids is 2. The first-order valence-electron chi connectivity index (χ1n) is 9.27. The average molecular weight is 384 g/mol. The van der Waals surface area contributed by atoms with E-state index in [1.54, 1.807) is 16.7 Å². The van der Waals surface area contributed by atoms with Crippen LogP contribution >= 0.6 is 0 Å². The molecule has 3 rings (SSSR count). The van der Waals surface area contributed by atoms with E-state index in [-0.39, 0.29) is 24.0 Å². The summed E-state index contributed by atoms with van der Waals surface area (Å²) in [6.07, 6.45) is 1.43. The highest BCUT2D eigenvalue weighted by Crippen LogP contribution is 2.21. The first-order chi connectivity index (χ1) is 13.4. The number of aryl methyl sites for hydroxylation is 2. The van der Waals surface area contributed by atoms with Gasteiger partial charge in [-0.1, -0.05) is 24.3 Å². The summed E-state index contributed by atoms with van der Waals surface area (Å²) < 4.78 is 5.26. The van der Waals surface area contributed by atoms with E-state index in [0.717, 1.165) is 11.1 Å². The molecule has 2 heterocycles. The molecule has 0 aliphatic carbocycles. The molecule has 0 spiro atoms. The summed E-state index contributed by atoms with van der Waals surface area (Å²) in [7, 11) is 0. The van der Waals surface area contributed by atoms with Gasteiger partial charge in [-0.2, -0.15) is 0 Å². The zero-order valence-corrected chi connectivity index (χ0v) is 16.1. The minimum absolute atomic E-state index is 0.0486. The lowest BCUT2D eigenvalue weighted by Crippen LogP contribution is -2.51. The summed E-state index contributed by atoms with van der Waals surface area (Å²) in [4.78, 5) is 39.9. The van der Waals surface area contributed by atoms with Gasteiger partial charge < -0.3 is 19.3 Å². The maximum Gasteiger partial charge on any atom is 0.311 e. The normalized spacial score (nSPS) is 14.2. The summed E-state index contributed by atoms with van der Waals surface area (Å²) in [5.74, 6) is -1.07. The molecule has 0 atom stereocenters. The summed E-state index contributed by atoms with van der Waals surface area (Å²) in [6.45, 7) is 5.46. The van der Waals surface area contributed by atoms with Crippen LogP contribution in [0.3, 0.4) is 0 Å². The second-order valence-electron chi connectivity index (χ2n) is 7.06. The molecule has 7 nitrogen and oxygen atoms in total. The first kappa shape index (κ1) is 19.7. The zero-order chi connectivity index (χ0) is 20.3. The molecule has 0 radical (unpaired) electrons. The summed E-state index contributed by atoms with van der Waals surface area (Å²) in [5.41, 5.74) is 3.05. The van der Waals surface area contributed by atoms with Crippen LogP contribution in [0.5, 0.6) is 0 Å². The minimum Gasteiger partial charge on any atom is -0.481 e. The van der Waals surface area contributed by atoms with Gasteiger partial charge >= 0.3 is 5.97 Å². The number of aliphatic carboxylic acids is 1. The fraction of sp³-hybridized carbons (Fsp3) is 0.381. The number of amides is 2. The van der Waals surface area contributed by atoms with Gasteiger partial charge in [0, 0.05) is 31.7 Å². The number of carboxylic acids is 1. The van der Waals surface area contributed by atoms with Crippen molar-refractivity contribution in [3.05, 3.63) is 58.5 Å². The summed E-state index contributed by atoms with van der Waals surface area (Å²) in [5, 5.41) is 9.00. The number of carboxylic acid groups (broad SMARTS) is 1. The van der Waals surface area contributed by atoms with Crippen molar-refractivity contribution in [2.45, 2.75) is 26.7 Å². The lowest BCUT2D eigenvalue weighted by molar-refractivity contribution is -0.136. The number of carbonyl (C=O) groups is 3. The predicted octanol–water partition coefficient (Wildman–Crippen LogP) is 2.05. The van der Waals surface area contributed by atoms with Crippen molar-refractivity contribution in [2.75, 3.05) is 26.2 Å². The molecule has 1 fully saturated rings. The van der Waals surface area contributed by atoms with Crippen LogP contribution in [0.25, 0.3) is 0 Å². The molecule has 0 bridgehead atoms. The van der Waals surface area contributed by atoms with E-state index < -0.39 is 5.97 Å². The van der Waals surface area contributed by atoms with Crippen molar-refractivity contribution in [3.63, 3.8) is 0 Å². The number of nitrogens with zero attached hydrogens (tertiary/aromatic N) is 2. The van der Waals surface area contributed by atoms with Crippen LogP contribution in [0.2, 0.25) is 0 Å². The molecule has 1 aromatic heterocycles. The van der Waals surface area contributed by atoms with E-state index >= 15 is 0 Å². The predicted molar refractivity (Wildman–Crippen MR) is 102 cm³/mol. The van der Waals surface area contributed by atoms with E-state index in [2.05, 4.69) is 0 Å². The molecule has 2 amide bonds. The van der Waals surface area contributed by atoms with Crippen molar-refractivity contribution >= 4 is 17.8 Å². The topological polar surface area (TPSA) is 91.1 Å². The van der Waals surface area contributed by atoms with Crippen LogP contribution in [0.4, 0.5) is 0 Å². The molecule has 1 N–H and O–H groups in total. The summed E-state index contributed by atoms with van der Waals surface area (Å²) >= 11 is 0. The monoisotopic (exact) mass is 384 g/mol. The number of rotatable bonds is 5. The molecular weight excluding hydrogens is 360 g/mol. The molecule has 28 heavy (non-hydrogen) atoms. The maximum absolute atomic E-state index is 12.9. The molecule has 0 saturated carbocycles. The van der Waals surface area contributed by atoms with E-state index in [4.69, 9.17) is 9.52 Å². The highest BCUT2D eigenvalue weighted by molar-refractivity contribution is 5.97. The third-order valence-corrected chi connectivity index (χ3v) is 5.10. The fourth-order valence-electron chi connectivity index (χ4n) is 3.45. The molecule has 1 aliphatic rings. The molecule has 1 aromatic carbocycles. The number of furan rings is 1. The third-order valence-electron chi connectivity index (χ3n) is 5.10. The zero-order valence-electron chi connectivity index (χ0n) is 16.1. The molecular formula is C21H24N2O5. The standard InChI is InChI=1S/C21H24N2O5/c1-14-5-3-4-6-16(14)11-18(24)22-7-9-23(10-8-22)21(27)20-15(2)13-28-17(20)12-19(25)26/h3-6,13H,7-12H2,1-2H3,(H,25,26). The SMILES string of the molecule is Cc1ccccc1CC(=O)N1CCN(C(=O)c2c(C)coc2CC(=O)O)CC1. The number of hydrogen-bond acceptors (Lipinski definition) is 4. The van der Waals surface area contributed by atoms with Gasteiger partial charge in [0.1, 0.15) is 12.2 Å². The summed E-state index contributed by atoms with van der Waals surface area (Å²) in [6, 6.07) is 7.82. The average Bonchev–Trinajstić information content (AvgIpc) is 3.02. The molecule has 0 unspecified atom stereocenters. The van der Waals surface area contributed by atoms with Gasteiger partial charge in [-0.3, -0.25) is 14.4 Å². The second kappa shape index (κ2) is 8.29. The Balaban J connectivity index is 1.62. The van der Waals surface area contributed by atoms with Crippen LogP contribution in [-0.2, 0) is 22.4 Å². The van der Waals surface area contributed by atoms with Crippen LogP contribution in [-0.4, -0.2) is 58.9 Å². The van der Waals surface area contributed by atoms with Gasteiger partial charge in [0.05, 0.1) is 18.2 Å². The van der Waals surface area contributed by atoms with Crippen molar-refractivity contribution in [2.24, 2.45) is 0 Å². The number of piperazine rings is 1. The molecule has 2 aromatic rings. The van der Waals surface area contributed by atoms with Crippen molar-refractivity contribution in [1.82, 2.24) is 9.80 Å². The van der Waals surface area contributed by atoms with Gasteiger partial charge in [-0.25, -0.2) is 0 Å². The lowest BCUT2D eigenvalue weighted by atomic mass is 10.0. The Morgan fingerprint density at radius 3 is 2.25 bits per heavy atom. The number of hydrogen-bond donors (Lipinski definition) is 1. The lowest BCUT2D eigenvalue weighted by Gasteiger charge is -2.35. The van der Waals surface area contributed by atoms with Crippen molar-refractivity contribution in [1.29, 1.82) is 0 Å². The maximum atomic E-state index is 12.9. The van der Waals surface area contributed by atoms with Crippen molar-refractivity contribution in [3.8, 4) is 0 Å². The van der Waals surface area contributed by atoms with Crippen LogP contribution in [0, 0.1) is 13.8 Å². The van der Waals surface area contributed by atoms with E-state index in [1.165, 1.54) is 6.26 Å². The fourth-order valence-corrected chi connectivity index (χ4v) is 3.45. The number of benzene rings is 1. The Bertz CT molecular complexity index is 894. The van der Waals surface area contributed by atoms with Gasteiger partial charge in [0.15, 0.2) is 0 Å². The van der Waals surface area contributed by atoms with E-state index in [1.807, 2.05) is 31.2 Å². The Morgan fingerprint density at radius 2 is 1.61 bits per heavy atom. The molecule has 7 heteroatoms. The molecule has 1 aliphatic heterocycles. The Hall–Kier alpha value is -3.09. The van der Waals surface area contributed by atoms with Crippen LogP contribution < -0.4 is 0 Å². The Labute approximate surface area is 163 Å². The van der Waals surface area contributed by atoms with Gasteiger partial charge in [0.25, 0.3) is 5.91 Å². The van der Waals surface area contributed by atoms with Gasteiger partial charge in [-0.15, -0.1) is 0 Å². The Kier molecular flexibility index (Phi) is 5.82. The van der Waals surface area contributed by atoms with Gasteiger partial charge in [-0.05, 0) is 25.0 Å². The largest absolute Gasteiger partial charge is 0.481 e.